The third-order valence-corrected chi connectivity index (χ3v) is 8.15. The van der Waals surface area contributed by atoms with Gasteiger partial charge in [-0.05, 0) is 53.6 Å². The summed E-state index contributed by atoms with van der Waals surface area (Å²) in [7, 11) is -3.67. The van der Waals surface area contributed by atoms with Gasteiger partial charge >= 0.3 is 0 Å². The second-order valence-electron chi connectivity index (χ2n) is 9.30. The monoisotopic (exact) mass is 442 g/mol. The first-order chi connectivity index (χ1) is 14.6. The Kier molecular flexibility index (Phi) is 5.70. The maximum absolute atomic E-state index is 13.4. The molecule has 0 aromatic heterocycles. The number of rotatable bonds is 3. The number of hydrogen-bond donors (Lipinski definition) is 0. The Morgan fingerprint density at radius 1 is 1.00 bits per heavy atom. The minimum atomic E-state index is -3.67. The van der Waals surface area contributed by atoms with Crippen LogP contribution in [0.15, 0.2) is 41.3 Å². The van der Waals surface area contributed by atoms with Gasteiger partial charge in [0, 0.05) is 30.9 Å². The fourth-order valence-corrected chi connectivity index (χ4v) is 5.83. The van der Waals surface area contributed by atoms with E-state index in [-0.39, 0.29) is 16.2 Å². The molecule has 0 aliphatic carbocycles. The smallest absolute Gasteiger partial charge is 0.258 e. The molecule has 6 nitrogen and oxygen atoms in total. The summed E-state index contributed by atoms with van der Waals surface area (Å²) in [4.78, 5) is 15.3. The van der Waals surface area contributed by atoms with Crippen LogP contribution < -0.4 is 4.90 Å². The summed E-state index contributed by atoms with van der Waals surface area (Å²) < 4.78 is 33.1. The molecular weight excluding hydrogens is 412 g/mol. The predicted octanol–water partition coefficient (Wildman–Crippen LogP) is 3.52. The number of carbonyl (C=O) groups is 1. The molecule has 1 amide bonds. The molecule has 4 rings (SSSR count). The standard InChI is InChI=1S/C24H30N2O4S/c1-17-5-6-19(16-22(17)31(28,29)25-11-13-30-14-12-25)23(27)26-10-9-18-15-20(24(2,3)4)7-8-21(18)26/h5-8,15-16H,9-14H2,1-4H3. The van der Waals surface area contributed by atoms with Crippen LogP contribution >= 0.6 is 0 Å². The van der Waals surface area contributed by atoms with Gasteiger partial charge in [-0.3, -0.25) is 4.79 Å². The molecule has 0 spiro atoms. The van der Waals surface area contributed by atoms with Crippen LogP contribution in [0.25, 0.3) is 0 Å². The number of nitrogens with zero attached hydrogens (tertiary/aromatic N) is 2. The highest BCUT2D eigenvalue weighted by atomic mass is 32.2. The van der Waals surface area contributed by atoms with E-state index in [1.54, 1.807) is 24.0 Å². The lowest BCUT2D eigenvalue weighted by Crippen LogP contribution is -2.41. The number of sulfonamides is 1. The van der Waals surface area contributed by atoms with E-state index in [1.807, 2.05) is 6.07 Å². The van der Waals surface area contributed by atoms with E-state index in [0.717, 1.165) is 17.7 Å². The zero-order valence-electron chi connectivity index (χ0n) is 18.6. The molecule has 31 heavy (non-hydrogen) atoms. The van der Waals surface area contributed by atoms with Crippen LogP contribution in [0.3, 0.4) is 0 Å². The summed E-state index contributed by atoms with van der Waals surface area (Å²) in [5.41, 5.74) is 4.40. The molecule has 166 valence electrons. The van der Waals surface area contributed by atoms with Gasteiger partial charge in [-0.25, -0.2) is 8.42 Å². The van der Waals surface area contributed by atoms with Crippen molar-refractivity contribution in [2.75, 3.05) is 37.7 Å². The van der Waals surface area contributed by atoms with Crippen LogP contribution in [0.5, 0.6) is 0 Å². The van der Waals surface area contributed by atoms with Gasteiger partial charge in [0.05, 0.1) is 18.1 Å². The second-order valence-corrected chi connectivity index (χ2v) is 11.2. The first kappa shape index (κ1) is 22.0. The Labute approximate surface area is 184 Å². The minimum absolute atomic E-state index is 0.0478. The quantitative estimate of drug-likeness (QED) is 0.730. The zero-order valence-corrected chi connectivity index (χ0v) is 19.5. The number of ether oxygens (including phenoxy) is 1. The Morgan fingerprint density at radius 3 is 2.39 bits per heavy atom. The molecule has 2 aromatic rings. The van der Waals surface area contributed by atoms with Gasteiger partial charge in [-0.2, -0.15) is 4.31 Å². The van der Waals surface area contributed by atoms with E-state index in [0.29, 0.717) is 44.0 Å². The molecule has 0 radical (unpaired) electrons. The van der Waals surface area contributed by atoms with E-state index in [4.69, 9.17) is 4.74 Å². The third kappa shape index (κ3) is 4.14. The van der Waals surface area contributed by atoms with Gasteiger partial charge in [-0.15, -0.1) is 0 Å². The molecule has 1 saturated heterocycles. The molecule has 7 heteroatoms. The van der Waals surface area contributed by atoms with Crippen molar-refractivity contribution < 1.29 is 17.9 Å². The highest BCUT2D eigenvalue weighted by molar-refractivity contribution is 7.89. The Balaban J connectivity index is 1.65. The van der Waals surface area contributed by atoms with Crippen molar-refractivity contribution in [1.29, 1.82) is 0 Å². The summed E-state index contributed by atoms with van der Waals surface area (Å²) in [6.07, 6.45) is 0.801. The van der Waals surface area contributed by atoms with Crippen LogP contribution in [0.2, 0.25) is 0 Å². The summed E-state index contributed by atoms with van der Waals surface area (Å²) >= 11 is 0. The van der Waals surface area contributed by atoms with Crippen molar-refractivity contribution in [1.82, 2.24) is 4.31 Å². The third-order valence-electron chi connectivity index (χ3n) is 6.11. The lowest BCUT2D eigenvalue weighted by atomic mass is 9.86. The number of morpholine rings is 1. The summed E-state index contributed by atoms with van der Waals surface area (Å²) in [6, 6.07) is 11.3. The number of hydrogen-bond acceptors (Lipinski definition) is 4. The molecule has 0 atom stereocenters. The van der Waals surface area contributed by atoms with E-state index >= 15 is 0 Å². The average Bonchev–Trinajstić information content (AvgIpc) is 3.17. The van der Waals surface area contributed by atoms with Crippen LogP contribution in [0.4, 0.5) is 5.69 Å². The fourth-order valence-electron chi connectivity index (χ4n) is 4.17. The minimum Gasteiger partial charge on any atom is -0.379 e. The first-order valence-corrected chi connectivity index (χ1v) is 12.2. The normalized spacial score (nSPS) is 17.6. The summed E-state index contributed by atoms with van der Waals surface area (Å²) in [6.45, 7) is 10.3. The molecule has 2 aliphatic rings. The molecule has 0 bridgehead atoms. The van der Waals surface area contributed by atoms with Crippen molar-refractivity contribution in [2.24, 2.45) is 0 Å². The van der Waals surface area contributed by atoms with Gasteiger partial charge in [0.15, 0.2) is 0 Å². The summed E-state index contributed by atoms with van der Waals surface area (Å²) in [5, 5.41) is 0. The van der Waals surface area contributed by atoms with Crippen molar-refractivity contribution in [2.45, 2.75) is 44.4 Å². The molecule has 0 unspecified atom stereocenters. The van der Waals surface area contributed by atoms with Gasteiger partial charge in [0.25, 0.3) is 5.91 Å². The van der Waals surface area contributed by atoms with Gasteiger partial charge in [0.1, 0.15) is 0 Å². The molecule has 2 aliphatic heterocycles. The van der Waals surface area contributed by atoms with Crippen LogP contribution in [-0.4, -0.2) is 51.5 Å². The molecule has 0 saturated carbocycles. The second kappa shape index (κ2) is 8.04. The number of anilines is 1. The topological polar surface area (TPSA) is 66.9 Å². The van der Waals surface area contributed by atoms with Crippen molar-refractivity contribution >= 4 is 21.6 Å². The lowest BCUT2D eigenvalue weighted by molar-refractivity contribution is 0.0730. The van der Waals surface area contributed by atoms with Gasteiger partial charge < -0.3 is 9.64 Å². The van der Waals surface area contributed by atoms with Crippen LogP contribution in [-0.2, 0) is 26.6 Å². The first-order valence-electron chi connectivity index (χ1n) is 10.7. The highest BCUT2D eigenvalue weighted by Crippen LogP contribution is 2.34. The Bertz CT molecular complexity index is 1110. The molecule has 2 aromatic carbocycles. The van der Waals surface area contributed by atoms with Crippen molar-refractivity contribution in [3.8, 4) is 0 Å². The number of benzene rings is 2. The van der Waals surface area contributed by atoms with Crippen molar-refractivity contribution in [3.05, 3.63) is 58.7 Å². The summed E-state index contributed by atoms with van der Waals surface area (Å²) in [5.74, 6) is -0.166. The van der Waals surface area contributed by atoms with Crippen LogP contribution in [0.1, 0.15) is 47.8 Å². The Hall–Kier alpha value is -2.22. The van der Waals surface area contributed by atoms with E-state index in [1.165, 1.54) is 15.9 Å². The molecule has 0 N–H and O–H groups in total. The predicted molar refractivity (Wildman–Crippen MR) is 121 cm³/mol. The molecular formula is C24H30N2O4S. The largest absolute Gasteiger partial charge is 0.379 e. The molecule has 2 heterocycles. The number of amides is 1. The van der Waals surface area contributed by atoms with E-state index in [9.17, 15) is 13.2 Å². The maximum Gasteiger partial charge on any atom is 0.258 e. The van der Waals surface area contributed by atoms with E-state index < -0.39 is 10.0 Å². The van der Waals surface area contributed by atoms with E-state index in [2.05, 4.69) is 32.9 Å². The Morgan fingerprint density at radius 2 is 1.71 bits per heavy atom. The number of carbonyl (C=O) groups excluding carboxylic acids is 1. The molecule has 1 fully saturated rings. The number of aryl methyl sites for hydroxylation is 1. The average molecular weight is 443 g/mol. The van der Waals surface area contributed by atoms with Gasteiger partial charge in [-0.1, -0.05) is 39.0 Å². The fraction of sp³-hybridized carbons (Fsp3) is 0.458. The van der Waals surface area contributed by atoms with Crippen LogP contribution in [0, 0.1) is 6.92 Å². The van der Waals surface area contributed by atoms with Gasteiger partial charge in [0.2, 0.25) is 10.0 Å². The van der Waals surface area contributed by atoms with Crippen molar-refractivity contribution in [3.63, 3.8) is 0 Å². The maximum atomic E-state index is 13.4. The number of fused-ring (bicyclic) bond motifs is 1. The zero-order chi connectivity index (χ0) is 22.4. The lowest BCUT2D eigenvalue weighted by Gasteiger charge is -2.27. The SMILES string of the molecule is Cc1ccc(C(=O)N2CCc3cc(C(C)(C)C)ccc32)cc1S(=O)(=O)N1CCOCC1. The highest BCUT2D eigenvalue weighted by Gasteiger charge is 2.31.